The zero-order valence-electron chi connectivity index (χ0n) is 8.66. The molecule has 88 valence electrons. The van der Waals surface area contributed by atoms with Gasteiger partial charge in [0, 0.05) is 0 Å². The number of anilines is 1. The third kappa shape index (κ3) is 2.61. The van der Waals surface area contributed by atoms with E-state index < -0.39 is 0 Å². The predicted octanol–water partition coefficient (Wildman–Crippen LogP) is 0.806. The molecule has 0 aliphatic rings. The van der Waals surface area contributed by atoms with Crippen LogP contribution in [-0.2, 0) is 0 Å². The Labute approximate surface area is 102 Å². The van der Waals surface area contributed by atoms with Gasteiger partial charge >= 0.3 is 0 Å². The van der Waals surface area contributed by atoms with Gasteiger partial charge in [0.05, 0.1) is 6.21 Å². The fraction of sp³-hybridized carbons (Fsp3) is 0. The van der Waals surface area contributed by atoms with Crippen LogP contribution in [0.2, 0.25) is 0 Å². The maximum Gasteiger partial charge on any atom is 0.262 e. The van der Waals surface area contributed by atoms with E-state index in [1.807, 2.05) is 0 Å². The predicted molar refractivity (Wildman–Crippen MR) is 66.9 cm³/mol. The minimum atomic E-state index is 0.176. The lowest BCUT2D eigenvalue weighted by Gasteiger charge is -1.98. The lowest BCUT2D eigenvalue weighted by molar-refractivity contribution is 0.475. The van der Waals surface area contributed by atoms with Crippen molar-refractivity contribution < 1.29 is 5.11 Å². The molecule has 1 aromatic carbocycles. The molecule has 0 bridgehead atoms. The molecule has 0 spiro atoms. The monoisotopic (exact) mass is 250 g/mol. The van der Waals surface area contributed by atoms with E-state index in [9.17, 15) is 5.11 Å². The number of aromatic amines is 1. The highest BCUT2D eigenvalue weighted by molar-refractivity contribution is 7.71. The number of hydrazone groups is 1. The number of H-pyrrole nitrogens is 1. The first-order chi connectivity index (χ1) is 8.16. The Morgan fingerprint density at radius 1 is 1.59 bits per heavy atom. The summed E-state index contributed by atoms with van der Waals surface area (Å²) in [5.74, 6) is 6.02. The lowest BCUT2D eigenvalue weighted by atomic mass is 10.2. The molecule has 0 radical (unpaired) electrons. The van der Waals surface area contributed by atoms with E-state index in [1.165, 1.54) is 6.21 Å². The number of phenolic OH excluding ortho intramolecular Hbond substituents is 1. The molecule has 0 saturated carbocycles. The van der Waals surface area contributed by atoms with Crippen LogP contribution >= 0.6 is 12.2 Å². The molecular weight excluding hydrogens is 240 g/mol. The maximum absolute atomic E-state index is 9.24. The third-order valence-electron chi connectivity index (χ3n) is 1.95. The van der Waals surface area contributed by atoms with Crippen molar-refractivity contribution in [2.24, 2.45) is 5.10 Å². The van der Waals surface area contributed by atoms with Crippen LogP contribution < -0.4 is 11.3 Å². The number of rotatable bonds is 3. The zero-order chi connectivity index (χ0) is 12.3. The molecule has 0 aliphatic heterocycles. The van der Waals surface area contributed by atoms with Crippen LogP contribution in [0, 0.1) is 4.77 Å². The molecule has 0 atom stereocenters. The number of benzene rings is 1. The van der Waals surface area contributed by atoms with Crippen LogP contribution in [0.4, 0.5) is 5.95 Å². The molecule has 0 amide bonds. The van der Waals surface area contributed by atoms with E-state index in [1.54, 1.807) is 24.3 Å². The van der Waals surface area contributed by atoms with Gasteiger partial charge < -0.3 is 10.9 Å². The average molecular weight is 250 g/mol. The number of nitrogens with zero attached hydrogens (tertiary/aromatic N) is 3. The Balaban J connectivity index is 2.08. The SMILES string of the molecule is Nn1c(N/N=C\c2cccc(O)c2)n[nH]c1=S. The quantitative estimate of drug-likeness (QED) is 0.279. The molecule has 17 heavy (non-hydrogen) atoms. The first-order valence-corrected chi connectivity index (χ1v) is 5.08. The van der Waals surface area contributed by atoms with Crippen LogP contribution in [0.1, 0.15) is 5.56 Å². The van der Waals surface area contributed by atoms with Gasteiger partial charge in [-0.25, -0.2) is 10.5 Å². The molecule has 7 nitrogen and oxygen atoms in total. The van der Waals surface area contributed by atoms with E-state index in [0.717, 1.165) is 10.2 Å². The number of aromatic hydroxyl groups is 1. The second-order valence-electron chi connectivity index (χ2n) is 3.19. The lowest BCUT2D eigenvalue weighted by Crippen LogP contribution is -2.11. The van der Waals surface area contributed by atoms with Gasteiger partial charge in [0.2, 0.25) is 4.77 Å². The van der Waals surface area contributed by atoms with E-state index in [-0.39, 0.29) is 5.75 Å². The molecule has 1 heterocycles. The van der Waals surface area contributed by atoms with Gasteiger partial charge in [-0.1, -0.05) is 12.1 Å². The summed E-state index contributed by atoms with van der Waals surface area (Å²) in [6.45, 7) is 0. The van der Waals surface area contributed by atoms with E-state index in [2.05, 4.69) is 20.7 Å². The van der Waals surface area contributed by atoms with Crippen LogP contribution in [0.5, 0.6) is 5.75 Å². The molecule has 0 saturated heterocycles. The Hall–Kier alpha value is -2.35. The van der Waals surface area contributed by atoms with E-state index in [0.29, 0.717) is 10.7 Å². The molecule has 2 rings (SSSR count). The molecule has 1 aromatic heterocycles. The normalized spacial score (nSPS) is 10.8. The van der Waals surface area contributed by atoms with Gasteiger partial charge in [0.15, 0.2) is 0 Å². The van der Waals surface area contributed by atoms with E-state index in [4.69, 9.17) is 18.1 Å². The largest absolute Gasteiger partial charge is 0.508 e. The second-order valence-corrected chi connectivity index (χ2v) is 3.57. The number of nitrogens with two attached hydrogens (primary N) is 1. The number of hydrogen-bond donors (Lipinski definition) is 4. The van der Waals surface area contributed by atoms with Crippen molar-refractivity contribution in [2.45, 2.75) is 0 Å². The highest BCUT2D eigenvalue weighted by atomic mass is 32.1. The van der Waals surface area contributed by atoms with Crippen LogP contribution in [0.3, 0.4) is 0 Å². The summed E-state index contributed by atoms with van der Waals surface area (Å²) in [5, 5.41) is 19.5. The molecule has 0 fully saturated rings. The molecule has 0 aliphatic carbocycles. The molecule has 8 heteroatoms. The first kappa shape index (κ1) is 11.1. The highest BCUT2D eigenvalue weighted by Gasteiger charge is 1.99. The molecule has 0 unspecified atom stereocenters. The minimum Gasteiger partial charge on any atom is -0.508 e. The Morgan fingerprint density at radius 3 is 3.06 bits per heavy atom. The van der Waals surface area contributed by atoms with Crippen molar-refractivity contribution in [3.63, 3.8) is 0 Å². The minimum absolute atomic E-state index is 0.176. The first-order valence-electron chi connectivity index (χ1n) is 4.67. The molecule has 2 aromatic rings. The summed E-state index contributed by atoms with van der Waals surface area (Å²) in [5.41, 5.74) is 3.36. The number of hydrogen-bond acceptors (Lipinski definition) is 6. The van der Waals surface area contributed by atoms with Crippen molar-refractivity contribution in [2.75, 3.05) is 11.3 Å². The summed E-state index contributed by atoms with van der Waals surface area (Å²) in [6.07, 6.45) is 1.53. The van der Waals surface area contributed by atoms with Crippen molar-refractivity contribution in [3.8, 4) is 5.75 Å². The summed E-state index contributed by atoms with van der Waals surface area (Å²) >= 11 is 4.83. The van der Waals surface area contributed by atoms with Gasteiger partial charge in [0.1, 0.15) is 5.75 Å². The standard InChI is InChI=1S/C9H10N6OS/c10-15-8(13-14-9(15)17)12-11-5-6-2-1-3-7(16)4-6/h1-5,16H,10H2,(H,12,13)(H,14,17)/b11-5-. The fourth-order valence-corrected chi connectivity index (χ4v) is 1.29. The Morgan fingerprint density at radius 2 is 2.41 bits per heavy atom. The van der Waals surface area contributed by atoms with Crippen molar-refractivity contribution in [3.05, 3.63) is 34.6 Å². The topological polar surface area (TPSA) is 104 Å². The number of nitrogen functional groups attached to an aromatic ring is 1. The molecule has 5 N–H and O–H groups in total. The van der Waals surface area contributed by atoms with Crippen LogP contribution in [0.15, 0.2) is 29.4 Å². The van der Waals surface area contributed by atoms with Crippen LogP contribution in [-0.4, -0.2) is 26.2 Å². The number of aromatic nitrogens is 3. The van der Waals surface area contributed by atoms with Gasteiger partial charge in [-0.2, -0.15) is 9.78 Å². The second kappa shape index (κ2) is 4.66. The Kier molecular flexibility index (Phi) is 3.06. The van der Waals surface area contributed by atoms with Gasteiger partial charge in [-0.15, -0.1) is 5.10 Å². The fourth-order valence-electron chi connectivity index (χ4n) is 1.15. The summed E-state index contributed by atoms with van der Waals surface area (Å²) in [4.78, 5) is 0. The van der Waals surface area contributed by atoms with E-state index >= 15 is 0 Å². The van der Waals surface area contributed by atoms with Crippen molar-refractivity contribution in [1.82, 2.24) is 14.9 Å². The smallest absolute Gasteiger partial charge is 0.262 e. The molecular formula is C9H10N6OS. The number of nitrogens with one attached hydrogen (secondary N) is 2. The van der Waals surface area contributed by atoms with Crippen molar-refractivity contribution >= 4 is 24.4 Å². The summed E-state index contributed by atoms with van der Waals surface area (Å²) in [6, 6.07) is 6.67. The average Bonchev–Trinajstić information content (AvgIpc) is 2.61. The number of phenols is 1. The van der Waals surface area contributed by atoms with Crippen molar-refractivity contribution in [1.29, 1.82) is 0 Å². The highest BCUT2D eigenvalue weighted by Crippen LogP contribution is 2.08. The van der Waals surface area contributed by atoms with Gasteiger partial charge in [-0.05, 0) is 29.9 Å². The third-order valence-corrected chi connectivity index (χ3v) is 2.24. The summed E-state index contributed by atoms with van der Waals surface area (Å²) in [7, 11) is 0. The summed E-state index contributed by atoms with van der Waals surface area (Å²) < 4.78 is 1.45. The zero-order valence-corrected chi connectivity index (χ0v) is 9.48. The maximum atomic E-state index is 9.24. The van der Waals surface area contributed by atoms with Gasteiger partial charge in [-0.3, -0.25) is 0 Å². The Bertz CT molecular complexity index is 602. The van der Waals surface area contributed by atoms with Crippen LogP contribution in [0.25, 0.3) is 0 Å². The van der Waals surface area contributed by atoms with Gasteiger partial charge in [0.25, 0.3) is 5.95 Å².